The lowest BCUT2D eigenvalue weighted by Gasteiger charge is -2.41. The van der Waals surface area contributed by atoms with Gasteiger partial charge in [-0.05, 0) is 60.4 Å². The van der Waals surface area contributed by atoms with E-state index >= 15 is 0 Å². The van der Waals surface area contributed by atoms with Crippen molar-refractivity contribution in [3.05, 3.63) is 59.9 Å². The number of primary amides is 1. The van der Waals surface area contributed by atoms with Crippen molar-refractivity contribution in [1.82, 2.24) is 15.8 Å². The Kier molecular flexibility index (Phi) is 6.81. The summed E-state index contributed by atoms with van der Waals surface area (Å²) in [5.74, 6) is -0.229. The van der Waals surface area contributed by atoms with Gasteiger partial charge in [0.05, 0.1) is 5.41 Å². The van der Waals surface area contributed by atoms with Crippen molar-refractivity contribution in [2.45, 2.75) is 51.6 Å². The summed E-state index contributed by atoms with van der Waals surface area (Å²) < 4.78 is 13.7. The van der Waals surface area contributed by atoms with Gasteiger partial charge in [-0.2, -0.15) is 0 Å². The van der Waals surface area contributed by atoms with Crippen molar-refractivity contribution in [1.29, 1.82) is 0 Å². The number of rotatable bonds is 6. The van der Waals surface area contributed by atoms with Crippen LogP contribution >= 0.6 is 0 Å². The minimum atomic E-state index is -0.821. The number of halogens is 1. The maximum atomic E-state index is 13.7. The maximum Gasteiger partial charge on any atom is 0.241 e. The lowest BCUT2D eigenvalue weighted by Crippen LogP contribution is -2.56. The Labute approximate surface area is 194 Å². The van der Waals surface area contributed by atoms with Crippen molar-refractivity contribution in [2.24, 2.45) is 17.1 Å². The van der Waals surface area contributed by atoms with Crippen LogP contribution in [0.15, 0.2) is 48.5 Å². The number of hydrogen-bond donors (Lipinski definition) is 3. The molecule has 4 rings (SSSR count). The molecule has 6 nitrogen and oxygen atoms in total. The second kappa shape index (κ2) is 9.61. The fraction of sp³-hybridized carbons (Fsp3) is 0.462. The molecule has 3 atom stereocenters. The molecule has 2 aromatic carbocycles. The van der Waals surface area contributed by atoms with Crippen molar-refractivity contribution < 1.29 is 14.0 Å². The molecule has 0 radical (unpaired) electrons. The standard InChI is InChI=1S/C26H33FN4O2/c1-17(2)22-14-23(30-29-22)24(32)31-11-5-10-26(16-31,25(28)33)15-18-6-3-7-19(12-18)20-8-4-9-21(27)13-20/h3-4,6-9,12-13,17,22-23,29-30H,5,10-11,14-16H2,1-2H3,(H2,28,33). The van der Waals surface area contributed by atoms with Crippen LogP contribution in [0.3, 0.4) is 0 Å². The summed E-state index contributed by atoms with van der Waals surface area (Å²) in [6.07, 6.45) is 2.54. The second-order valence-electron chi connectivity index (χ2n) is 9.82. The van der Waals surface area contributed by atoms with Gasteiger partial charge in [0.25, 0.3) is 0 Å². The molecule has 4 N–H and O–H groups in total. The average molecular weight is 453 g/mol. The first-order valence-electron chi connectivity index (χ1n) is 11.7. The monoisotopic (exact) mass is 452 g/mol. The van der Waals surface area contributed by atoms with Gasteiger partial charge in [0, 0.05) is 19.1 Å². The molecule has 0 aliphatic carbocycles. The Balaban J connectivity index is 1.52. The highest BCUT2D eigenvalue weighted by Gasteiger charge is 2.44. The zero-order chi connectivity index (χ0) is 23.6. The second-order valence-corrected chi connectivity index (χ2v) is 9.82. The number of carbonyl (C=O) groups is 2. The Morgan fingerprint density at radius 3 is 2.55 bits per heavy atom. The van der Waals surface area contributed by atoms with Gasteiger partial charge in [0.1, 0.15) is 11.9 Å². The number of benzene rings is 2. The predicted molar refractivity (Wildman–Crippen MR) is 126 cm³/mol. The highest BCUT2D eigenvalue weighted by molar-refractivity contribution is 5.85. The average Bonchev–Trinajstić information content (AvgIpc) is 3.29. The molecule has 2 amide bonds. The molecule has 0 spiro atoms. The molecule has 2 saturated heterocycles. The number of amides is 2. The van der Waals surface area contributed by atoms with Gasteiger partial charge >= 0.3 is 0 Å². The Bertz CT molecular complexity index is 1030. The molecule has 0 bridgehead atoms. The zero-order valence-corrected chi connectivity index (χ0v) is 19.3. The number of hydrogen-bond acceptors (Lipinski definition) is 4. The summed E-state index contributed by atoms with van der Waals surface area (Å²) in [6, 6.07) is 14.2. The predicted octanol–water partition coefficient (Wildman–Crippen LogP) is 3.02. The molecule has 33 heavy (non-hydrogen) atoms. The van der Waals surface area contributed by atoms with Crippen molar-refractivity contribution in [3.63, 3.8) is 0 Å². The summed E-state index contributed by atoms with van der Waals surface area (Å²) in [5.41, 5.74) is 14.1. The molecule has 7 heteroatoms. The van der Waals surface area contributed by atoms with Crippen LogP contribution in [0, 0.1) is 17.2 Å². The van der Waals surface area contributed by atoms with E-state index in [2.05, 4.69) is 24.7 Å². The lowest BCUT2D eigenvalue weighted by atomic mass is 9.74. The number of carbonyl (C=O) groups excluding carboxylic acids is 2. The SMILES string of the molecule is CC(C)C1CC(C(=O)N2CCCC(Cc3cccc(-c4cccc(F)c4)c3)(C(N)=O)C2)NN1. The molecule has 2 aliphatic rings. The molecule has 176 valence electrons. The fourth-order valence-electron chi connectivity index (χ4n) is 5.07. The number of nitrogens with one attached hydrogen (secondary N) is 2. The molecular formula is C26H33FN4O2. The molecule has 0 saturated carbocycles. The van der Waals surface area contributed by atoms with Crippen molar-refractivity contribution in [2.75, 3.05) is 13.1 Å². The summed E-state index contributed by atoms with van der Waals surface area (Å²) >= 11 is 0. The smallest absolute Gasteiger partial charge is 0.241 e. The molecule has 3 unspecified atom stereocenters. The van der Waals surface area contributed by atoms with E-state index in [1.165, 1.54) is 12.1 Å². The number of hydrazine groups is 1. The molecular weight excluding hydrogens is 419 g/mol. The number of piperidine rings is 1. The normalized spacial score (nSPS) is 25.4. The third-order valence-electron chi connectivity index (χ3n) is 7.07. The van der Waals surface area contributed by atoms with E-state index in [4.69, 9.17) is 5.73 Å². The summed E-state index contributed by atoms with van der Waals surface area (Å²) in [7, 11) is 0. The van der Waals surface area contributed by atoms with Gasteiger partial charge in [-0.3, -0.25) is 15.0 Å². The van der Waals surface area contributed by atoms with Crippen LogP contribution in [-0.2, 0) is 16.0 Å². The topological polar surface area (TPSA) is 87.5 Å². The number of nitrogens with two attached hydrogens (primary N) is 1. The van der Waals surface area contributed by atoms with Gasteiger partial charge in [-0.25, -0.2) is 9.82 Å². The van der Waals surface area contributed by atoms with E-state index in [1.54, 1.807) is 11.0 Å². The lowest BCUT2D eigenvalue weighted by molar-refractivity contribution is -0.141. The first-order chi connectivity index (χ1) is 15.8. The van der Waals surface area contributed by atoms with Crippen LogP contribution < -0.4 is 16.6 Å². The van der Waals surface area contributed by atoms with E-state index in [1.807, 2.05) is 30.3 Å². The van der Waals surface area contributed by atoms with E-state index in [0.29, 0.717) is 31.8 Å². The van der Waals surface area contributed by atoms with Crippen molar-refractivity contribution >= 4 is 11.8 Å². The summed E-state index contributed by atoms with van der Waals surface area (Å²) in [5, 5.41) is 0. The molecule has 0 aromatic heterocycles. The number of likely N-dealkylation sites (tertiary alicyclic amines) is 1. The first kappa shape index (κ1) is 23.4. The van der Waals surface area contributed by atoms with Gasteiger partial charge in [-0.1, -0.05) is 50.2 Å². The summed E-state index contributed by atoms with van der Waals surface area (Å²) in [6.45, 7) is 5.20. The van der Waals surface area contributed by atoms with Crippen LogP contribution in [0.25, 0.3) is 11.1 Å². The largest absolute Gasteiger partial charge is 0.369 e. The van der Waals surface area contributed by atoms with Crippen LogP contribution in [0.1, 0.15) is 38.7 Å². The van der Waals surface area contributed by atoms with Gasteiger partial charge in [0.15, 0.2) is 0 Å². The van der Waals surface area contributed by atoms with Gasteiger partial charge in [-0.15, -0.1) is 0 Å². The molecule has 2 heterocycles. The van der Waals surface area contributed by atoms with E-state index < -0.39 is 5.41 Å². The van der Waals surface area contributed by atoms with E-state index in [-0.39, 0.29) is 29.7 Å². The van der Waals surface area contributed by atoms with Gasteiger partial charge in [0.2, 0.25) is 11.8 Å². The minimum absolute atomic E-state index is 0.0180. The highest BCUT2D eigenvalue weighted by atomic mass is 19.1. The Morgan fingerprint density at radius 2 is 1.88 bits per heavy atom. The van der Waals surface area contributed by atoms with E-state index in [9.17, 15) is 14.0 Å². The minimum Gasteiger partial charge on any atom is -0.369 e. The first-order valence-corrected chi connectivity index (χ1v) is 11.7. The molecule has 2 aromatic rings. The van der Waals surface area contributed by atoms with E-state index in [0.717, 1.165) is 29.5 Å². The Morgan fingerprint density at radius 1 is 1.15 bits per heavy atom. The molecule has 2 fully saturated rings. The van der Waals surface area contributed by atoms with Gasteiger partial charge < -0.3 is 10.6 Å². The fourth-order valence-corrected chi connectivity index (χ4v) is 5.07. The third-order valence-corrected chi connectivity index (χ3v) is 7.07. The number of nitrogens with zero attached hydrogens (tertiary/aromatic N) is 1. The van der Waals surface area contributed by atoms with Crippen LogP contribution in [0.5, 0.6) is 0 Å². The van der Waals surface area contributed by atoms with Crippen LogP contribution in [0.4, 0.5) is 4.39 Å². The maximum absolute atomic E-state index is 13.7. The Hall–Kier alpha value is -2.77. The quantitative estimate of drug-likeness (QED) is 0.629. The molecule has 2 aliphatic heterocycles. The van der Waals surface area contributed by atoms with Crippen LogP contribution in [0.2, 0.25) is 0 Å². The zero-order valence-electron chi connectivity index (χ0n) is 19.3. The van der Waals surface area contributed by atoms with Crippen LogP contribution in [-0.4, -0.2) is 41.9 Å². The summed E-state index contributed by atoms with van der Waals surface area (Å²) in [4.78, 5) is 27.8. The third kappa shape index (κ3) is 5.09. The van der Waals surface area contributed by atoms with Crippen molar-refractivity contribution in [3.8, 4) is 11.1 Å². The highest BCUT2D eigenvalue weighted by Crippen LogP contribution is 2.35.